The van der Waals surface area contributed by atoms with E-state index in [1.165, 1.54) is 24.3 Å². The number of ketones is 1. The number of amides is 2. The van der Waals surface area contributed by atoms with E-state index < -0.39 is 36.0 Å². The van der Waals surface area contributed by atoms with Crippen molar-refractivity contribution in [3.8, 4) is 94.7 Å². The van der Waals surface area contributed by atoms with Gasteiger partial charge in [0.25, 0.3) is 0 Å². The van der Waals surface area contributed by atoms with Crippen molar-refractivity contribution >= 4 is 40.9 Å². The molecule has 2 rings (SSSR count). The maximum Gasteiger partial charge on any atom is 0.335 e. The molecule has 0 aliphatic rings. The molecule has 4 N–H and O–H groups in total. The summed E-state index contributed by atoms with van der Waals surface area (Å²) in [7, 11) is 0. The summed E-state index contributed by atoms with van der Waals surface area (Å²) >= 11 is 0. The monoisotopic (exact) mass is 576 g/mol. The van der Waals surface area contributed by atoms with Crippen LogP contribution in [0.15, 0.2) is 42.5 Å². The van der Waals surface area contributed by atoms with Crippen LogP contribution in [-0.4, -0.2) is 39.7 Å². The normalized spacial score (nSPS) is 7.84. The smallest absolute Gasteiger partial charge is 0.335 e. The third-order valence-corrected chi connectivity index (χ3v) is 4.61. The maximum atomic E-state index is 12.5. The number of carbonyl (C=O) groups excluding carboxylic acids is 3. The minimum atomic E-state index is -1.38. The van der Waals surface area contributed by atoms with E-state index in [0.29, 0.717) is 5.69 Å². The highest BCUT2D eigenvalue weighted by Crippen LogP contribution is 2.17. The van der Waals surface area contributed by atoms with Gasteiger partial charge in [-0.25, -0.2) is 9.59 Å². The molecular weight excluding hydrogens is 560 g/mol. The Morgan fingerprint density at radius 3 is 1.48 bits per heavy atom. The molecule has 0 spiro atoms. The first-order chi connectivity index (χ1) is 21.2. The Morgan fingerprint density at radius 2 is 1.02 bits per heavy atom. The molecule has 2 amide bonds. The fraction of sp³-hybridized carbons (Fsp3) is 0.0571. The number of carboxylic acids is 2. The summed E-state index contributed by atoms with van der Waals surface area (Å²) in [6, 6.07) is 8.72. The fourth-order valence-corrected chi connectivity index (χ4v) is 2.83. The second-order valence-corrected chi connectivity index (χ2v) is 7.71. The third kappa shape index (κ3) is 12.5. The van der Waals surface area contributed by atoms with E-state index in [2.05, 4.69) is 105 Å². The molecule has 0 heterocycles. The number of hydrogen-bond acceptors (Lipinski definition) is 5. The van der Waals surface area contributed by atoms with Crippen LogP contribution in [0.25, 0.3) is 0 Å². The van der Waals surface area contributed by atoms with Gasteiger partial charge in [-0.15, -0.1) is 0 Å². The van der Waals surface area contributed by atoms with Gasteiger partial charge in [-0.1, -0.05) is 5.92 Å². The van der Waals surface area contributed by atoms with Gasteiger partial charge < -0.3 is 20.8 Å². The zero-order chi connectivity index (χ0) is 32.2. The number of nitrogens with one attached hydrogen (secondary N) is 2. The van der Waals surface area contributed by atoms with E-state index in [0.717, 1.165) is 18.2 Å². The van der Waals surface area contributed by atoms with E-state index >= 15 is 0 Å². The van der Waals surface area contributed by atoms with E-state index in [4.69, 9.17) is 10.2 Å². The third-order valence-electron chi connectivity index (χ3n) is 4.61. The summed E-state index contributed by atoms with van der Waals surface area (Å²) in [6.45, 7) is 1.66. The zero-order valence-electron chi connectivity index (χ0n) is 22.7. The van der Waals surface area contributed by atoms with Crippen LogP contribution in [0, 0.1) is 94.7 Å². The Labute approximate surface area is 252 Å². The van der Waals surface area contributed by atoms with Gasteiger partial charge in [0.2, 0.25) is 5.91 Å². The van der Waals surface area contributed by atoms with Crippen LogP contribution < -0.4 is 10.6 Å². The number of carbonyl (C=O) groups is 5. The molecule has 2 aromatic carbocycles. The van der Waals surface area contributed by atoms with Crippen molar-refractivity contribution in [3.63, 3.8) is 0 Å². The Balaban J connectivity index is 1.88. The second-order valence-electron chi connectivity index (χ2n) is 7.71. The molecule has 0 radical (unpaired) electrons. The number of carboxylic acid groups (broad SMARTS) is 2. The molecule has 0 unspecified atom stereocenters. The first-order valence-electron chi connectivity index (χ1n) is 12.0. The molecule has 0 bridgehead atoms. The first kappa shape index (κ1) is 32.7. The Hall–Kier alpha value is -7.53. The molecule has 0 saturated heterocycles. The number of Topliss-reactive ketones (excluding diaryl/α,β-unsaturated/α-hetero) is 1. The number of benzene rings is 2. The predicted molar refractivity (Wildman–Crippen MR) is 161 cm³/mol. The molecule has 0 aromatic heterocycles. The van der Waals surface area contributed by atoms with Gasteiger partial charge in [-0.3, -0.25) is 14.4 Å². The quantitative estimate of drug-likeness (QED) is 0.224. The van der Waals surface area contributed by atoms with Gasteiger partial charge >= 0.3 is 17.8 Å². The largest absolute Gasteiger partial charge is 0.478 e. The summed E-state index contributed by atoms with van der Waals surface area (Å²) < 4.78 is 0. The molecule has 44 heavy (non-hydrogen) atoms. The number of aromatic carboxylic acids is 2. The van der Waals surface area contributed by atoms with Crippen LogP contribution in [0.4, 0.5) is 11.4 Å². The molecule has 9 nitrogen and oxygen atoms in total. The average Bonchev–Trinajstić information content (AvgIpc) is 2.99. The molecule has 0 fully saturated rings. The lowest BCUT2D eigenvalue weighted by atomic mass is 10.1. The SMILES string of the molecule is CC#CC#CC#CC#CC#CC#CC#CC#CC(=O)Nc1ccc(C(=O)CC(=O)Nc2cc(C(=O)O)cc(C(=O)O)c2)cc1. The summed E-state index contributed by atoms with van der Waals surface area (Å²) in [6.07, 6.45) is -0.600. The molecule has 0 atom stereocenters. The van der Waals surface area contributed by atoms with Crippen molar-refractivity contribution in [2.75, 3.05) is 10.6 Å². The van der Waals surface area contributed by atoms with Gasteiger partial charge in [0, 0.05) is 22.9 Å². The highest BCUT2D eigenvalue weighted by Gasteiger charge is 2.16. The molecule has 2 aromatic rings. The van der Waals surface area contributed by atoms with Crippen LogP contribution >= 0.6 is 0 Å². The maximum absolute atomic E-state index is 12.5. The van der Waals surface area contributed by atoms with E-state index in [9.17, 15) is 24.0 Å². The number of anilines is 2. The van der Waals surface area contributed by atoms with Gasteiger partial charge in [0.1, 0.15) is 0 Å². The van der Waals surface area contributed by atoms with E-state index in [1.54, 1.807) is 6.92 Å². The topological polar surface area (TPSA) is 150 Å². The van der Waals surface area contributed by atoms with Crippen LogP contribution in [-0.2, 0) is 9.59 Å². The van der Waals surface area contributed by atoms with Crippen molar-refractivity contribution in [1.82, 2.24) is 0 Å². The van der Waals surface area contributed by atoms with Gasteiger partial charge in [0.15, 0.2) is 5.78 Å². The lowest BCUT2D eigenvalue weighted by Crippen LogP contribution is -2.17. The van der Waals surface area contributed by atoms with Crippen molar-refractivity contribution in [2.24, 2.45) is 0 Å². The molecule has 9 heteroatoms. The van der Waals surface area contributed by atoms with Gasteiger partial charge in [-0.2, -0.15) is 0 Å². The average molecular weight is 577 g/mol. The van der Waals surface area contributed by atoms with Gasteiger partial charge in [-0.05, 0) is 132 Å². The molecule has 0 aliphatic carbocycles. The van der Waals surface area contributed by atoms with Crippen molar-refractivity contribution in [2.45, 2.75) is 13.3 Å². The van der Waals surface area contributed by atoms with Crippen LogP contribution in [0.1, 0.15) is 44.4 Å². The van der Waals surface area contributed by atoms with Gasteiger partial charge in [0.05, 0.1) is 17.5 Å². The summed E-state index contributed by atoms with van der Waals surface area (Å²) in [5.41, 5.74) is -0.283. The number of hydrogen-bond donors (Lipinski definition) is 4. The van der Waals surface area contributed by atoms with Crippen LogP contribution in [0.2, 0.25) is 0 Å². The van der Waals surface area contributed by atoms with E-state index in [1.807, 2.05) is 0 Å². The lowest BCUT2D eigenvalue weighted by Gasteiger charge is -2.08. The molecule has 0 saturated carbocycles. The Bertz CT molecular complexity index is 2020. The minimum absolute atomic E-state index is 0.0855. The summed E-state index contributed by atoms with van der Waals surface area (Å²) in [5, 5.41) is 23.1. The van der Waals surface area contributed by atoms with Crippen molar-refractivity contribution in [1.29, 1.82) is 0 Å². The number of rotatable bonds is 7. The van der Waals surface area contributed by atoms with Crippen molar-refractivity contribution in [3.05, 3.63) is 59.2 Å². The minimum Gasteiger partial charge on any atom is -0.478 e. The molecule has 0 aliphatic heterocycles. The van der Waals surface area contributed by atoms with Crippen LogP contribution in [0.3, 0.4) is 0 Å². The highest BCUT2D eigenvalue weighted by molar-refractivity contribution is 6.11. The fourth-order valence-electron chi connectivity index (χ4n) is 2.83. The van der Waals surface area contributed by atoms with E-state index in [-0.39, 0.29) is 22.4 Å². The Morgan fingerprint density at radius 1 is 0.568 bits per heavy atom. The van der Waals surface area contributed by atoms with Crippen LogP contribution in [0.5, 0.6) is 0 Å². The zero-order valence-corrected chi connectivity index (χ0v) is 22.7. The summed E-state index contributed by atoms with van der Waals surface area (Å²) in [4.78, 5) is 59.2. The van der Waals surface area contributed by atoms with Crippen molar-refractivity contribution < 1.29 is 34.2 Å². The lowest BCUT2D eigenvalue weighted by molar-refractivity contribution is -0.115. The molecular formula is C35H16N2O7. The Kier molecular flexibility index (Phi) is 13.3. The molecule has 208 valence electrons. The summed E-state index contributed by atoms with van der Waals surface area (Å²) in [5.74, 6) is 34.4. The highest BCUT2D eigenvalue weighted by atomic mass is 16.4. The standard InChI is InChI=1S/C35H16N2O7/c1-2-3-4-5-6-7-8-9-10-11-12-13-14-15-16-17-32(39)36-29-20-18-26(19-21-29)31(38)25-33(40)37-30-23-27(34(41)42)22-28(24-30)35(43)44/h18-24H,25H2,1H3,(H,36,39)(H,37,40)(H,41,42)(H,43,44). The first-order valence-corrected chi connectivity index (χ1v) is 12.0. The second kappa shape index (κ2) is 17.9. The predicted octanol–water partition coefficient (Wildman–Crippen LogP) is 2.28.